The summed E-state index contributed by atoms with van der Waals surface area (Å²) in [5.74, 6) is -0.00773. The Morgan fingerprint density at radius 3 is 2.22 bits per heavy atom. The molecule has 4 heteroatoms. The molecule has 116 valence electrons. The second-order valence-electron chi connectivity index (χ2n) is 5.39. The Balaban J connectivity index is 0.00000156. The number of nitrogens with zero attached hydrogens (tertiary/aromatic N) is 1. The summed E-state index contributed by atoms with van der Waals surface area (Å²) in [5.41, 5.74) is 2.78. The molecule has 1 heterocycles. The molecule has 4 nitrogen and oxygen atoms in total. The highest BCUT2D eigenvalue weighted by molar-refractivity contribution is 6.26. The standard InChI is InChI=1S/C18H14N2O2.CH4/c1-19-10-20-16-12-7-3-4-8-13(12)17(21)15(16)11-6-2-5-9-14(11)18(20)22;/h2-9,19H,10H2,1H3;1H4. The van der Waals surface area contributed by atoms with Crippen LogP contribution in [-0.2, 0) is 6.67 Å². The lowest BCUT2D eigenvalue weighted by Gasteiger charge is -2.14. The number of nitrogens with one attached hydrogen (secondary N) is 1. The van der Waals surface area contributed by atoms with Crippen LogP contribution < -0.4 is 10.9 Å². The molecule has 1 aromatic heterocycles. The quantitative estimate of drug-likeness (QED) is 0.619. The van der Waals surface area contributed by atoms with E-state index in [0.29, 0.717) is 23.2 Å². The first-order chi connectivity index (χ1) is 10.7. The van der Waals surface area contributed by atoms with Crippen LogP contribution in [-0.4, -0.2) is 17.4 Å². The van der Waals surface area contributed by atoms with Gasteiger partial charge in [0.1, 0.15) is 0 Å². The van der Waals surface area contributed by atoms with Gasteiger partial charge in [-0.05, 0) is 13.1 Å². The van der Waals surface area contributed by atoms with Crippen LogP contribution in [0.25, 0.3) is 22.0 Å². The van der Waals surface area contributed by atoms with Crippen LogP contribution in [0.5, 0.6) is 0 Å². The Labute approximate surface area is 134 Å². The second-order valence-corrected chi connectivity index (χ2v) is 5.39. The molecule has 0 saturated heterocycles. The van der Waals surface area contributed by atoms with E-state index in [-0.39, 0.29) is 18.8 Å². The van der Waals surface area contributed by atoms with Crippen LogP contribution >= 0.6 is 0 Å². The summed E-state index contributed by atoms with van der Waals surface area (Å²) >= 11 is 0. The first-order valence-electron chi connectivity index (χ1n) is 7.18. The van der Waals surface area contributed by atoms with Gasteiger partial charge in [0, 0.05) is 21.9 Å². The van der Waals surface area contributed by atoms with Crippen LogP contribution in [0.1, 0.15) is 23.3 Å². The van der Waals surface area contributed by atoms with Crippen LogP contribution in [0.3, 0.4) is 0 Å². The molecule has 4 rings (SSSR count). The van der Waals surface area contributed by atoms with Gasteiger partial charge in [0.15, 0.2) is 5.78 Å². The predicted octanol–water partition coefficient (Wildman–Crippen LogP) is 3.03. The third-order valence-corrected chi connectivity index (χ3v) is 4.15. The van der Waals surface area contributed by atoms with E-state index in [0.717, 1.165) is 16.6 Å². The fraction of sp³-hybridized carbons (Fsp3) is 0.158. The molecular formula is C19H18N2O2. The van der Waals surface area contributed by atoms with Crippen molar-refractivity contribution in [2.24, 2.45) is 0 Å². The normalized spacial score (nSPS) is 12.0. The van der Waals surface area contributed by atoms with Gasteiger partial charge in [-0.25, -0.2) is 0 Å². The fourth-order valence-corrected chi connectivity index (χ4v) is 3.24. The number of aromatic nitrogens is 1. The Morgan fingerprint density at radius 2 is 1.52 bits per heavy atom. The Hall–Kier alpha value is -2.72. The fourth-order valence-electron chi connectivity index (χ4n) is 3.24. The minimum atomic E-state index is -0.0757. The molecular weight excluding hydrogens is 288 g/mol. The molecule has 0 atom stereocenters. The summed E-state index contributed by atoms with van der Waals surface area (Å²) in [4.78, 5) is 25.6. The van der Waals surface area contributed by atoms with E-state index >= 15 is 0 Å². The number of fused-ring (bicyclic) bond motifs is 5. The first kappa shape index (κ1) is 15.2. The number of carbonyl (C=O) groups is 1. The van der Waals surface area contributed by atoms with Crippen LogP contribution in [0.15, 0.2) is 53.3 Å². The maximum atomic E-state index is 12.8. The molecule has 0 spiro atoms. The molecule has 1 N–H and O–H groups in total. The lowest BCUT2D eigenvalue weighted by molar-refractivity contribution is 0.104. The van der Waals surface area contributed by atoms with E-state index < -0.39 is 0 Å². The van der Waals surface area contributed by atoms with Crippen LogP contribution in [0.4, 0.5) is 0 Å². The minimum Gasteiger partial charge on any atom is -0.303 e. The maximum absolute atomic E-state index is 12.8. The lowest BCUT2D eigenvalue weighted by Crippen LogP contribution is -2.28. The van der Waals surface area contributed by atoms with Gasteiger partial charge in [-0.2, -0.15) is 0 Å². The number of pyridine rings is 1. The largest absolute Gasteiger partial charge is 0.303 e. The van der Waals surface area contributed by atoms with Crippen molar-refractivity contribution >= 4 is 16.6 Å². The van der Waals surface area contributed by atoms with Crippen molar-refractivity contribution in [2.75, 3.05) is 7.05 Å². The molecule has 0 fully saturated rings. The molecule has 0 saturated carbocycles. The van der Waals surface area contributed by atoms with E-state index in [2.05, 4.69) is 5.32 Å². The van der Waals surface area contributed by atoms with E-state index in [9.17, 15) is 9.59 Å². The molecule has 0 amide bonds. The summed E-state index contributed by atoms with van der Waals surface area (Å²) in [5, 5.41) is 4.33. The van der Waals surface area contributed by atoms with Crippen LogP contribution in [0, 0.1) is 0 Å². The summed E-state index contributed by atoms with van der Waals surface area (Å²) < 4.78 is 1.65. The zero-order chi connectivity index (χ0) is 15.3. The van der Waals surface area contributed by atoms with E-state index in [4.69, 9.17) is 0 Å². The smallest absolute Gasteiger partial charge is 0.260 e. The van der Waals surface area contributed by atoms with Crippen molar-refractivity contribution in [3.8, 4) is 11.3 Å². The number of hydrogen-bond donors (Lipinski definition) is 1. The van der Waals surface area contributed by atoms with Gasteiger partial charge in [-0.3, -0.25) is 14.2 Å². The Bertz CT molecular complexity index is 986. The van der Waals surface area contributed by atoms with Crippen molar-refractivity contribution < 1.29 is 4.79 Å². The molecule has 1 aliphatic carbocycles. The number of hydrogen-bond acceptors (Lipinski definition) is 3. The van der Waals surface area contributed by atoms with Crippen molar-refractivity contribution in [2.45, 2.75) is 14.1 Å². The van der Waals surface area contributed by atoms with Crippen molar-refractivity contribution in [1.29, 1.82) is 0 Å². The second kappa shape index (κ2) is 5.48. The molecule has 3 aromatic rings. The predicted molar refractivity (Wildman–Crippen MR) is 92.9 cm³/mol. The number of rotatable bonds is 2. The monoisotopic (exact) mass is 306 g/mol. The van der Waals surface area contributed by atoms with Gasteiger partial charge >= 0.3 is 0 Å². The van der Waals surface area contributed by atoms with Crippen molar-refractivity contribution in [1.82, 2.24) is 9.88 Å². The molecule has 0 radical (unpaired) electrons. The molecule has 0 aliphatic heterocycles. The topological polar surface area (TPSA) is 51.1 Å². The van der Waals surface area contributed by atoms with Gasteiger partial charge in [-0.15, -0.1) is 0 Å². The number of carbonyl (C=O) groups excluding carboxylic acids is 1. The molecule has 2 aromatic carbocycles. The zero-order valence-corrected chi connectivity index (χ0v) is 12.1. The highest BCUT2D eigenvalue weighted by Gasteiger charge is 2.31. The summed E-state index contributed by atoms with van der Waals surface area (Å²) in [6, 6.07) is 14.8. The highest BCUT2D eigenvalue weighted by Crippen LogP contribution is 2.38. The summed E-state index contributed by atoms with van der Waals surface area (Å²) in [6.07, 6.45) is 0. The highest BCUT2D eigenvalue weighted by atomic mass is 16.1. The third kappa shape index (κ3) is 1.95. The van der Waals surface area contributed by atoms with E-state index in [1.807, 2.05) is 42.5 Å². The van der Waals surface area contributed by atoms with Crippen molar-refractivity contribution in [3.63, 3.8) is 0 Å². The van der Waals surface area contributed by atoms with Crippen molar-refractivity contribution in [3.05, 3.63) is 70.0 Å². The summed E-state index contributed by atoms with van der Waals surface area (Å²) in [6.45, 7) is 0.369. The van der Waals surface area contributed by atoms with E-state index in [1.165, 1.54) is 0 Å². The van der Waals surface area contributed by atoms with Gasteiger partial charge in [0.05, 0.1) is 17.9 Å². The molecule has 1 aliphatic rings. The van der Waals surface area contributed by atoms with Crippen LogP contribution in [0.2, 0.25) is 0 Å². The number of benzene rings is 2. The van der Waals surface area contributed by atoms with Gasteiger partial charge in [0.25, 0.3) is 5.56 Å². The Kier molecular flexibility index (Phi) is 3.62. The lowest BCUT2D eigenvalue weighted by atomic mass is 10.0. The average Bonchev–Trinajstić information content (AvgIpc) is 2.85. The first-order valence-corrected chi connectivity index (χ1v) is 7.18. The maximum Gasteiger partial charge on any atom is 0.260 e. The molecule has 0 unspecified atom stereocenters. The zero-order valence-electron chi connectivity index (χ0n) is 12.1. The van der Waals surface area contributed by atoms with Gasteiger partial charge in [-0.1, -0.05) is 49.9 Å². The van der Waals surface area contributed by atoms with Gasteiger partial charge < -0.3 is 5.32 Å². The van der Waals surface area contributed by atoms with E-state index in [1.54, 1.807) is 17.7 Å². The minimum absolute atomic E-state index is 0. The summed E-state index contributed by atoms with van der Waals surface area (Å²) in [7, 11) is 1.79. The molecule has 0 bridgehead atoms. The SMILES string of the molecule is C.CNCn1c2c(c3ccccc3c1=O)C(=O)c1ccccc1-2. The average molecular weight is 306 g/mol. The van der Waals surface area contributed by atoms with Gasteiger partial charge in [0.2, 0.25) is 0 Å². The number of ketones is 1. The third-order valence-electron chi connectivity index (χ3n) is 4.15. The molecule has 23 heavy (non-hydrogen) atoms. The Morgan fingerprint density at radius 1 is 0.913 bits per heavy atom.